The molecule has 116 valence electrons. The minimum atomic E-state index is -0.672. The highest BCUT2D eigenvalue weighted by molar-refractivity contribution is 6.26. The number of rotatable bonds is 3. The molecule has 3 rings (SSSR count). The predicted molar refractivity (Wildman–Crippen MR) is 89.8 cm³/mol. The van der Waals surface area contributed by atoms with Gasteiger partial charge in [0.2, 0.25) is 0 Å². The monoisotopic (exact) mass is 306 g/mol. The van der Waals surface area contributed by atoms with E-state index in [2.05, 4.69) is 6.58 Å². The van der Waals surface area contributed by atoms with Crippen LogP contribution in [0.1, 0.15) is 19.4 Å². The lowest BCUT2D eigenvalue weighted by molar-refractivity contribution is -0.114. The number of urea groups is 1. The van der Waals surface area contributed by atoms with Crippen molar-refractivity contribution in [3.8, 4) is 0 Å². The first-order valence-corrected chi connectivity index (χ1v) is 7.42. The molecule has 2 aromatic rings. The van der Waals surface area contributed by atoms with Gasteiger partial charge in [-0.15, -0.1) is 0 Å². The first-order valence-electron chi connectivity index (χ1n) is 7.42. The number of para-hydroxylation sites is 1. The number of anilines is 1. The number of carbonyl (C=O) groups excluding carboxylic acids is 2. The highest BCUT2D eigenvalue weighted by atomic mass is 16.2. The molecule has 0 atom stereocenters. The number of imide groups is 1. The Bertz CT molecular complexity index is 766. The fraction of sp³-hybridized carbons (Fsp3) is 0.158. The van der Waals surface area contributed by atoms with Crippen molar-refractivity contribution in [2.45, 2.75) is 19.4 Å². The molecule has 1 aliphatic rings. The largest absolute Gasteiger partial charge is 0.337 e. The summed E-state index contributed by atoms with van der Waals surface area (Å²) in [5.41, 5.74) is 1.01. The second kappa shape index (κ2) is 5.39. The van der Waals surface area contributed by atoms with Crippen LogP contribution in [0.2, 0.25) is 0 Å². The van der Waals surface area contributed by atoms with Gasteiger partial charge in [-0.05, 0) is 31.5 Å². The van der Waals surface area contributed by atoms with Crippen molar-refractivity contribution < 1.29 is 9.59 Å². The summed E-state index contributed by atoms with van der Waals surface area (Å²) < 4.78 is 0. The zero-order valence-corrected chi connectivity index (χ0v) is 13.2. The molecule has 2 aromatic carbocycles. The van der Waals surface area contributed by atoms with Gasteiger partial charge in [-0.1, -0.05) is 55.1 Å². The average molecular weight is 306 g/mol. The van der Waals surface area contributed by atoms with Gasteiger partial charge in [-0.2, -0.15) is 0 Å². The maximum Gasteiger partial charge on any atom is 0.337 e. The van der Waals surface area contributed by atoms with Gasteiger partial charge in [0.15, 0.2) is 0 Å². The van der Waals surface area contributed by atoms with Crippen LogP contribution >= 0.6 is 0 Å². The van der Waals surface area contributed by atoms with Crippen LogP contribution in [-0.2, 0) is 10.3 Å². The molecule has 0 N–H and O–H groups in total. The third-order valence-corrected chi connectivity index (χ3v) is 4.16. The highest BCUT2D eigenvalue weighted by Crippen LogP contribution is 2.37. The first kappa shape index (κ1) is 15.0. The fourth-order valence-electron chi connectivity index (χ4n) is 2.88. The Kier molecular flexibility index (Phi) is 3.52. The molecule has 4 nitrogen and oxygen atoms in total. The Balaban J connectivity index is 2.03. The van der Waals surface area contributed by atoms with E-state index in [9.17, 15) is 9.59 Å². The van der Waals surface area contributed by atoms with E-state index in [1.54, 1.807) is 24.3 Å². The summed E-state index contributed by atoms with van der Waals surface area (Å²) in [4.78, 5) is 28.1. The van der Waals surface area contributed by atoms with Crippen LogP contribution in [0.5, 0.6) is 0 Å². The van der Waals surface area contributed by atoms with Crippen LogP contribution < -0.4 is 4.90 Å². The number of benzene rings is 2. The molecule has 0 aromatic heterocycles. The molecule has 1 heterocycles. The molecule has 4 heteroatoms. The summed E-state index contributed by atoms with van der Waals surface area (Å²) >= 11 is 0. The Hall–Kier alpha value is -2.88. The summed E-state index contributed by atoms with van der Waals surface area (Å²) in [6, 6.07) is 18.2. The van der Waals surface area contributed by atoms with Crippen LogP contribution in [0.4, 0.5) is 10.5 Å². The molecule has 0 radical (unpaired) electrons. The van der Waals surface area contributed by atoms with E-state index in [-0.39, 0.29) is 17.6 Å². The highest BCUT2D eigenvalue weighted by Gasteiger charge is 2.47. The Morgan fingerprint density at radius 3 is 1.96 bits per heavy atom. The van der Waals surface area contributed by atoms with Gasteiger partial charge in [0, 0.05) is 0 Å². The van der Waals surface area contributed by atoms with Gasteiger partial charge in [0.25, 0.3) is 5.91 Å². The minimum Gasteiger partial charge on any atom is -0.279 e. The van der Waals surface area contributed by atoms with Crippen molar-refractivity contribution in [1.29, 1.82) is 0 Å². The van der Waals surface area contributed by atoms with E-state index < -0.39 is 5.54 Å². The van der Waals surface area contributed by atoms with Gasteiger partial charge in [0.1, 0.15) is 5.70 Å². The van der Waals surface area contributed by atoms with Crippen molar-refractivity contribution in [1.82, 2.24) is 4.90 Å². The van der Waals surface area contributed by atoms with Crippen LogP contribution in [-0.4, -0.2) is 16.8 Å². The van der Waals surface area contributed by atoms with Gasteiger partial charge in [-0.3, -0.25) is 9.69 Å². The molecule has 23 heavy (non-hydrogen) atoms. The van der Waals surface area contributed by atoms with E-state index >= 15 is 0 Å². The van der Waals surface area contributed by atoms with Gasteiger partial charge >= 0.3 is 6.03 Å². The maximum absolute atomic E-state index is 12.9. The summed E-state index contributed by atoms with van der Waals surface area (Å²) in [6.07, 6.45) is 0. The number of hydrogen-bond donors (Lipinski definition) is 0. The molecule has 1 aliphatic heterocycles. The lowest BCUT2D eigenvalue weighted by Crippen LogP contribution is -2.43. The number of hydrogen-bond acceptors (Lipinski definition) is 2. The van der Waals surface area contributed by atoms with Crippen LogP contribution in [0.3, 0.4) is 0 Å². The summed E-state index contributed by atoms with van der Waals surface area (Å²) in [5.74, 6) is -0.384. The van der Waals surface area contributed by atoms with Crippen molar-refractivity contribution in [3.63, 3.8) is 0 Å². The molecule has 0 saturated carbocycles. The van der Waals surface area contributed by atoms with Gasteiger partial charge in [-0.25, -0.2) is 9.69 Å². The number of carbonyl (C=O) groups is 2. The van der Waals surface area contributed by atoms with Crippen molar-refractivity contribution in [3.05, 3.63) is 78.5 Å². The molecule has 1 fully saturated rings. The quantitative estimate of drug-likeness (QED) is 0.637. The van der Waals surface area contributed by atoms with Crippen LogP contribution in [0.15, 0.2) is 72.9 Å². The second-order valence-electron chi connectivity index (χ2n) is 5.97. The van der Waals surface area contributed by atoms with Crippen molar-refractivity contribution in [2.24, 2.45) is 0 Å². The van der Waals surface area contributed by atoms with Crippen LogP contribution in [0, 0.1) is 0 Å². The summed E-state index contributed by atoms with van der Waals surface area (Å²) in [5, 5.41) is 0. The molecule has 0 aliphatic carbocycles. The SMILES string of the molecule is C=C1C(=O)N(c2ccccc2)C(=O)N1C(C)(C)c1ccccc1. The zero-order chi connectivity index (χ0) is 16.6. The summed E-state index contributed by atoms with van der Waals surface area (Å²) in [6.45, 7) is 7.67. The van der Waals surface area contributed by atoms with E-state index in [4.69, 9.17) is 0 Å². The molecular weight excluding hydrogens is 288 g/mol. The Morgan fingerprint density at radius 1 is 0.870 bits per heavy atom. The lowest BCUT2D eigenvalue weighted by atomic mass is 9.92. The Labute approximate surface area is 135 Å². The van der Waals surface area contributed by atoms with E-state index in [1.165, 1.54) is 9.80 Å². The topological polar surface area (TPSA) is 40.6 Å². The summed E-state index contributed by atoms with van der Waals surface area (Å²) in [7, 11) is 0. The second-order valence-corrected chi connectivity index (χ2v) is 5.97. The molecule has 0 bridgehead atoms. The van der Waals surface area contributed by atoms with E-state index in [1.807, 2.05) is 50.2 Å². The third-order valence-electron chi connectivity index (χ3n) is 4.16. The molecule has 1 saturated heterocycles. The lowest BCUT2D eigenvalue weighted by Gasteiger charge is -2.35. The van der Waals surface area contributed by atoms with E-state index in [0.29, 0.717) is 5.69 Å². The average Bonchev–Trinajstić information content (AvgIpc) is 2.79. The van der Waals surface area contributed by atoms with E-state index in [0.717, 1.165) is 5.56 Å². The Morgan fingerprint density at radius 2 is 1.39 bits per heavy atom. The number of nitrogens with zero attached hydrogens (tertiary/aromatic N) is 2. The first-order chi connectivity index (χ1) is 10.9. The van der Waals surface area contributed by atoms with Gasteiger partial charge < -0.3 is 0 Å². The normalized spacial score (nSPS) is 15.5. The molecule has 0 unspecified atom stereocenters. The fourth-order valence-corrected chi connectivity index (χ4v) is 2.88. The minimum absolute atomic E-state index is 0.188. The molecule has 3 amide bonds. The predicted octanol–water partition coefficient (Wildman–Crippen LogP) is 3.90. The smallest absolute Gasteiger partial charge is 0.279 e. The van der Waals surface area contributed by atoms with Gasteiger partial charge in [0.05, 0.1) is 11.2 Å². The molecule has 0 spiro atoms. The maximum atomic E-state index is 12.9. The standard InChI is InChI=1S/C19H18N2O2/c1-14-17(22)20(16-12-8-5-9-13-16)18(23)21(14)19(2,3)15-10-6-4-7-11-15/h4-13H,1H2,2-3H3. The number of amides is 3. The van der Waals surface area contributed by atoms with Crippen molar-refractivity contribution in [2.75, 3.05) is 4.90 Å². The van der Waals surface area contributed by atoms with Crippen LogP contribution in [0.25, 0.3) is 0 Å². The van der Waals surface area contributed by atoms with Crippen molar-refractivity contribution >= 4 is 17.6 Å². The third kappa shape index (κ3) is 2.32. The molecular formula is C19H18N2O2. The zero-order valence-electron chi connectivity index (χ0n) is 13.2.